The monoisotopic (exact) mass is 246 g/mol. The van der Waals surface area contributed by atoms with Gasteiger partial charge < -0.3 is 5.32 Å². The summed E-state index contributed by atoms with van der Waals surface area (Å²) in [4.78, 5) is 4.55. The van der Waals surface area contributed by atoms with Crippen molar-refractivity contribution in [1.82, 2.24) is 5.32 Å². The van der Waals surface area contributed by atoms with Crippen molar-refractivity contribution < 1.29 is 0 Å². The Hall–Kier alpha value is -0.960. The largest absolute Gasteiger partial charge is 0.362 e. The summed E-state index contributed by atoms with van der Waals surface area (Å²) in [6.07, 6.45) is 4.81. The molecule has 0 aromatic heterocycles. The lowest BCUT2D eigenvalue weighted by molar-refractivity contribution is 0.530. The fourth-order valence-electron chi connectivity index (χ4n) is 2.54. The van der Waals surface area contributed by atoms with E-state index in [0.717, 1.165) is 13.0 Å². The Bertz CT molecular complexity index is 428. The first kappa shape index (κ1) is 11.1. The number of aliphatic imine (C=N–C) groups is 1. The maximum Gasteiger partial charge on any atom is 0.156 e. The predicted molar refractivity (Wildman–Crippen MR) is 74.8 cm³/mol. The Morgan fingerprint density at radius 2 is 2.12 bits per heavy atom. The van der Waals surface area contributed by atoms with Crippen LogP contribution in [0.4, 0.5) is 0 Å². The minimum atomic E-state index is 0.578. The number of fused-ring (bicyclic) bond motifs is 1. The van der Waals surface area contributed by atoms with E-state index < -0.39 is 0 Å². The SMILES string of the molecule is c1ccc2c(c1)CCC(NC1=NCCCS1)C2. The van der Waals surface area contributed by atoms with Crippen molar-refractivity contribution in [3.8, 4) is 0 Å². The van der Waals surface area contributed by atoms with Gasteiger partial charge in [0.1, 0.15) is 0 Å². The van der Waals surface area contributed by atoms with Gasteiger partial charge in [-0.25, -0.2) is 0 Å². The van der Waals surface area contributed by atoms with E-state index in [0.29, 0.717) is 6.04 Å². The van der Waals surface area contributed by atoms with Gasteiger partial charge in [-0.1, -0.05) is 36.0 Å². The van der Waals surface area contributed by atoms with Crippen LogP contribution in [0.2, 0.25) is 0 Å². The van der Waals surface area contributed by atoms with E-state index in [4.69, 9.17) is 0 Å². The Labute approximate surface area is 107 Å². The summed E-state index contributed by atoms with van der Waals surface area (Å²) in [6.45, 7) is 0.999. The Morgan fingerprint density at radius 1 is 1.24 bits per heavy atom. The van der Waals surface area contributed by atoms with Gasteiger partial charge in [0, 0.05) is 18.3 Å². The summed E-state index contributed by atoms with van der Waals surface area (Å²) < 4.78 is 0. The normalized spacial score (nSPS) is 23.8. The van der Waals surface area contributed by atoms with Gasteiger partial charge in [-0.2, -0.15) is 0 Å². The van der Waals surface area contributed by atoms with Crippen LogP contribution in [0.3, 0.4) is 0 Å². The summed E-state index contributed by atoms with van der Waals surface area (Å²) in [6, 6.07) is 9.40. The second-order valence-electron chi connectivity index (χ2n) is 4.74. The summed E-state index contributed by atoms with van der Waals surface area (Å²) in [7, 11) is 0. The van der Waals surface area contributed by atoms with Gasteiger partial charge >= 0.3 is 0 Å². The lowest BCUT2D eigenvalue weighted by atomic mass is 9.88. The zero-order chi connectivity index (χ0) is 11.5. The van der Waals surface area contributed by atoms with E-state index >= 15 is 0 Å². The molecule has 0 saturated heterocycles. The first-order chi connectivity index (χ1) is 8.42. The van der Waals surface area contributed by atoms with Crippen molar-refractivity contribution in [2.24, 2.45) is 4.99 Å². The van der Waals surface area contributed by atoms with Crippen molar-refractivity contribution in [3.63, 3.8) is 0 Å². The highest BCUT2D eigenvalue weighted by molar-refractivity contribution is 8.13. The van der Waals surface area contributed by atoms with Gasteiger partial charge in [0.15, 0.2) is 5.17 Å². The number of aryl methyl sites for hydroxylation is 1. The fourth-order valence-corrected chi connectivity index (χ4v) is 3.44. The van der Waals surface area contributed by atoms with Crippen LogP contribution in [0.25, 0.3) is 0 Å². The molecular formula is C14H18N2S. The number of nitrogens with zero attached hydrogens (tertiary/aromatic N) is 1. The van der Waals surface area contributed by atoms with E-state index in [1.807, 2.05) is 11.8 Å². The molecule has 2 nitrogen and oxygen atoms in total. The lowest BCUT2D eigenvalue weighted by Crippen LogP contribution is -2.38. The molecule has 1 aromatic carbocycles. The average molecular weight is 246 g/mol. The number of hydrogen-bond acceptors (Lipinski definition) is 3. The molecule has 1 aliphatic heterocycles. The van der Waals surface area contributed by atoms with Crippen molar-refractivity contribution in [1.29, 1.82) is 0 Å². The third-order valence-electron chi connectivity index (χ3n) is 3.47. The fraction of sp³-hybridized carbons (Fsp3) is 0.500. The third-order valence-corrected chi connectivity index (χ3v) is 4.48. The molecule has 2 aliphatic rings. The molecule has 3 heteroatoms. The molecule has 0 amide bonds. The standard InChI is InChI=1S/C14H18N2S/c1-2-5-12-10-13(7-6-11(12)4-1)16-14-15-8-3-9-17-14/h1-2,4-5,13H,3,6-10H2,(H,15,16). The first-order valence-electron chi connectivity index (χ1n) is 6.42. The van der Waals surface area contributed by atoms with Crippen molar-refractivity contribution in [2.75, 3.05) is 12.3 Å². The van der Waals surface area contributed by atoms with Crippen LogP contribution in [0, 0.1) is 0 Å². The van der Waals surface area contributed by atoms with Crippen LogP contribution in [0.15, 0.2) is 29.3 Å². The molecule has 0 spiro atoms. The summed E-state index contributed by atoms with van der Waals surface area (Å²) in [5.74, 6) is 1.22. The second-order valence-corrected chi connectivity index (χ2v) is 5.83. The maximum absolute atomic E-state index is 4.55. The van der Waals surface area contributed by atoms with Crippen LogP contribution in [0.5, 0.6) is 0 Å². The minimum Gasteiger partial charge on any atom is -0.362 e. The molecule has 17 heavy (non-hydrogen) atoms. The maximum atomic E-state index is 4.55. The van der Waals surface area contributed by atoms with Crippen molar-refractivity contribution >= 4 is 16.9 Å². The molecule has 0 fully saturated rings. The van der Waals surface area contributed by atoms with Crippen LogP contribution >= 0.6 is 11.8 Å². The number of thioether (sulfide) groups is 1. The molecule has 3 rings (SSSR count). The zero-order valence-electron chi connectivity index (χ0n) is 9.98. The molecule has 1 aliphatic carbocycles. The highest BCUT2D eigenvalue weighted by Gasteiger charge is 2.19. The average Bonchev–Trinajstić information content (AvgIpc) is 2.40. The number of rotatable bonds is 1. The van der Waals surface area contributed by atoms with Crippen LogP contribution < -0.4 is 5.32 Å². The van der Waals surface area contributed by atoms with E-state index in [9.17, 15) is 0 Å². The molecular weight excluding hydrogens is 228 g/mol. The Morgan fingerprint density at radius 3 is 2.94 bits per heavy atom. The van der Waals surface area contributed by atoms with Crippen LogP contribution in [-0.4, -0.2) is 23.5 Å². The highest BCUT2D eigenvalue weighted by atomic mass is 32.2. The first-order valence-corrected chi connectivity index (χ1v) is 7.41. The highest BCUT2D eigenvalue weighted by Crippen LogP contribution is 2.22. The van der Waals surface area contributed by atoms with E-state index in [1.54, 1.807) is 0 Å². The summed E-state index contributed by atoms with van der Waals surface area (Å²) >= 11 is 1.88. The number of hydrogen-bond donors (Lipinski definition) is 1. The summed E-state index contributed by atoms with van der Waals surface area (Å²) in [5.41, 5.74) is 3.04. The predicted octanol–water partition coefficient (Wildman–Crippen LogP) is 2.63. The summed E-state index contributed by atoms with van der Waals surface area (Å²) in [5, 5.41) is 4.78. The third kappa shape index (κ3) is 2.65. The van der Waals surface area contributed by atoms with Gasteiger partial charge in [0.2, 0.25) is 0 Å². The van der Waals surface area contributed by atoms with E-state index in [-0.39, 0.29) is 0 Å². The van der Waals surface area contributed by atoms with Gasteiger partial charge in [-0.05, 0) is 36.8 Å². The van der Waals surface area contributed by atoms with E-state index in [2.05, 4.69) is 34.6 Å². The van der Waals surface area contributed by atoms with Crippen molar-refractivity contribution in [3.05, 3.63) is 35.4 Å². The minimum absolute atomic E-state index is 0.578. The molecule has 1 aromatic rings. The number of amidine groups is 1. The topological polar surface area (TPSA) is 24.4 Å². The van der Waals surface area contributed by atoms with Crippen LogP contribution in [0.1, 0.15) is 24.0 Å². The van der Waals surface area contributed by atoms with Gasteiger partial charge in [-0.15, -0.1) is 0 Å². The Kier molecular flexibility index (Phi) is 3.36. The number of nitrogens with one attached hydrogen (secondary N) is 1. The molecule has 1 unspecified atom stereocenters. The molecule has 0 bridgehead atoms. The van der Waals surface area contributed by atoms with Gasteiger partial charge in [0.25, 0.3) is 0 Å². The van der Waals surface area contributed by atoms with E-state index in [1.165, 1.54) is 41.3 Å². The second kappa shape index (κ2) is 5.13. The lowest BCUT2D eigenvalue weighted by Gasteiger charge is -2.27. The molecule has 1 atom stereocenters. The van der Waals surface area contributed by atoms with Crippen LogP contribution in [-0.2, 0) is 12.8 Å². The Balaban J connectivity index is 1.66. The smallest absolute Gasteiger partial charge is 0.156 e. The molecule has 1 N–H and O–H groups in total. The van der Waals surface area contributed by atoms with Gasteiger partial charge in [0.05, 0.1) is 0 Å². The quantitative estimate of drug-likeness (QED) is 0.824. The molecule has 90 valence electrons. The van der Waals surface area contributed by atoms with Gasteiger partial charge in [-0.3, -0.25) is 4.99 Å². The van der Waals surface area contributed by atoms with Crippen molar-refractivity contribution in [2.45, 2.75) is 31.7 Å². The molecule has 0 radical (unpaired) electrons. The number of benzene rings is 1. The molecule has 1 heterocycles. The molecule has 0 saturated carbocycles. The zero-order valence-corrected chi connectivity index (χ0v) is 10.8.